The van der Waals surface area contributed by atoms with Crippen molar-refractivity contribution in [3.8, 4) is 17.6 Å². The molecule has 0 aromatic heterocycles. The van der Waals surface area contributed by atoms with Gasteiger partial charge in [-0.1, -0.05) is 36.7 Å². The molecule has 4 fully saturated rings. The third-order valence-corrected chi connectivity index (χ3v) is 16.9. The van der Waals surface area contributed by atoms with E-state index in [1.165, 1.54) is 12.1 Å². The summed E-state index contributed by atoms with van der Waals surface area (Å²) < 4.78 is 49.5. The fraction of sp³-hybridized carbons (Fsp3) is 0.600. The normalized spacial score (nSPS) is 23.9. The summed E-state index contributed by atoms with van der Waals surface area (Å²) in [5, 5.41) is 9.90. The summed E-state index contributed by atoms with van der Waals surface area (Å²) in [7, 11) is 1.15. The summed E-state index contributed by atoms with van der Waals surface area (Å²) in [6.45, 7) is 7.56. The maximum absolute atomic E-state index is 13.7. The Morgan fingerprint density at radius 2 is 0.816 bits per heavy atom. The van der Waals surface area contributed by atoms with Crippen LogP contribution in [-0.2, 0) is 76.3 Å². The molecule has 21 heteroatoms. The molecule has 6 rings (SSSR count). The number of benzene rings is 1. The van der Waals surface area contributed by atoms with Crippen LogP contribution in [0.5, 0.6) is 11.5 Å². The Kier molecular flexibility index (Phi) is 23.3. The zero-order valence-electron chi connectivity index (χ0n) is 42.9. The molecule has 0 atom stereocenters. The Labute approximate surface area is 450 Å². The van der Waals surface area contributed by atoms with Crippen molar-refractivity contribution in [3.63, 3.8) is 0 Å². The van der Waals surface area contributed by atoms with E-state index in [0.29, 0.717) is 138 Å². The van der Waals surface area contributed by atoms with E-state index in [1.807, 2.05) is 6.07 Å². The topological polar surface area (TPSA) is 260 Å². The number of fused-ring (bicyclic) bond motifs is 1. The molecule has 0 amide bonds. The first-order chi connectivity index (χ1) is 36.7. The van der Waals surface area contributed by atoms with Gasteiger partial charge in [-0.25, -0.2) is 14.4 Å². The van der Waals surface area contributed by atoms with Gasteiger partial charge >= 0.3 is 53.7 Å². The van der Waals surface area contributed by atoms with E-state index in [1.54, 1.807) is 0 Å². The molecule has 1 aliphatic heterocycles. The van der Waals surface area contributed by atoms with E-state index in [-0.39, 0.29) is 107 Å². The zero-order chi connectivity index (χ0) is 54.6. The number of methoxy groups -OCH3 is 1. The second-order valence-electron chi connectivity index (χ2n) is 19.4. The molecule has 19 nitrogen and oxygen atoms in total. The van der Waals surface area contributed by atoms with Crippen molar-refractivity contribution < 1.29 is 85.8 Å². The fourth-order valence-electron chi connectivity index (χ4n) is 9.79. The van der Waals surface area contributed by atoms with Gasteiger partial charge in [-0.2, -0.15) is 5.26 Å². The molecule has 0 N–H and O–H groups in total. The number of ether oxygens (including phenoxy) is 9. The van der Waals surface area contributed by atoms with Crippen molar-refractivity contribution >= 4 is 77.2 Å². The third-order valence-electron chi connectivity index (χ3n) is 14.3. The van der Waals surface area contributed by atoms with E-state index >= 15 is 0 Å². The van der Waals surface area contributed by atoms with Gasteiger partial charge < -0.3 is 42.6 Å². The average Bonchev–Trinajstić information content (AvgIpc) is 3.90. The maximum atomic E-state index is 13.7. The molecule has 0 bridgehead atoms. The Balaban J connectivity index is 0.935. The molecule has 76 heavy (non-hydrogen) atoms. The van der Waals surface area contributed by atoms with Crippen LogP contribution in [0.2, 0.25) is 0 Å². The van der Waals surface area contributed by atoms with Crippen LogP contribution < -0.4 is 9.47 Å². The molecule has 1 heterocycles. The first-order valence-electron chi connectivity index (χ1n) is 26.2. The summed E-state index contributed by atoms with van der Waals surface area (Å²) >= 11 is 2.05. The third kappa shape index (κ3) is 17.2. The number of thioether (sulfide) groups is 2. The van der Waals surface area contributed by atoms with Gasteiger partial charge in [-0.15, -0.1) is 0 Å². The van der Waals surface area contributed by atoms with Gasteiger partial charge in [0.15, 0.2) is 5.57 Å². The lowest BCUT2D eigenvalue weighted by Crippen LogP contribution is -2.33. The number of nitrogens with zero attached hydrogens (tertiary/aromatic N) is 1. The van der Waals surface area contributed by atoms with Crippen LogP contribution in [0, 0.1) is 46.8 Å². The lowest BCUT2D eigenvalue weighted by molar-refractivity contribution is -0.161. The Morgan fingerprint density at radius 3 is 1.14 bits per heavy atom. The Morgan fingerprint density at radius 1 is 0.500 bits per heavy atom. The second kappa shape index (κ2) is 30.0. The molecule has 1 aromatic carbocycles. The monoisotopic (exact) mass is 1090 g/mol. The lowest BCUT2D eigenvalue weighted by Gasteiger charge is -2.30. The van der Waals surface area contributed by atoms with Crippen molar-refractivity contribution in [2.45, 2.75) is 150 Å². The van der Waals surface area contributed by atoms with E-state index in [0.717, 1.165) is 42.8 Å². The van der Waals surface area contributed by atoms with Gasteiger partial charge in [0.1, 0.15) is 29.8 Å². The Hall–Kier alpha value is -6.14. The van der Waals surface area contributed by atoms with Gasteiger partial charge in [0.05, 0.1) is 83.1 Å². The van der Waals surface area contributed by atoms with Crippen LogP contribution in [-0.4, -0.2) is 99.5 Å². The minimum Gasteiger partial charge on any atom is -0.465 e. The predicted octanol–water partition coefficient (Wildman–Crippen LogP) is 8.53. The molecule has 5 aliphatic rings. The van der Waals surface area contributed by atoms with Crippen LogP contribution in [0.3, 0.4) is 0 Å². The van der Waals surface area contributed by atoms with E-state index in [2.05, 4.69) is 13.2 Å². The number of rotatable bonds is 23. The fourth-order valence-corrected chi connectivity index (χ4v) is 12.3. The van der Waals surface area contributed by atoms with Gasteiger partial charge in [0.25, 0.3) is 0 Å². The van der Waals surface area contributed by atoms with Gasteiger partial charge in [0, 0.05) is 12.2 Å². The highest BCUT2D eigenvalue weighted by molar-refractivity contribution is 8.24. The molecule has 0 saturated heterocycles. The van der Waals surface area contributed by atoms with Gasteiger partial charge in [0.2, 0.25) is 0 Å². The first-order valence-corrected chi connectivity index (χ1v) is 27.9. The van der Waals surface area contributed by atoms with E-state index < -0.39 is 41.7 Å². The number of carbonyl (C=O) groups excluding carboxylic acids is 9. The van der Waals surface area contributed by atoms with Crippen LogP contribution in [0.4, 0.5) is 0 Å². The highest BCUT2D eigenvalue weighted by Crippen LogP contribution is 2.59. The first kappa shape index (κ1) is 59.1. The number of carbonyl (C=O) groups is 9. The van der Waals surface area contributed by atoms with Crippen molar-refractivity contribution in [1.29, 1.82) is 5.26 Å². The molecule has 4 aliphatic carbocycles. The quantitative estimate of drug-likeness (QED) is 0.0248. The van der Waals surface area contributed by atoms with Crippen molar-refractivity contribution in [1.82, 2.24) is 0 Å². The number of unbranched alkanes of at least 4 members (excludes halogenated alkanes) is 2. The number of nitriles is 1. The largest absolute Gasteiger partial charge is 0.465 e. The van der Waals surface area contributed by atoms with Crippen LogP contribution in [0.1, 0.15) is 128 Å². The second-order valence-corrected chi connectivity index (χ2v) is 21.7. The van der Waals surface area contributed by atoms with Gasteiger partial charge in [-0.05, 0) is 141 Å². The number of esters is 9. The van der Waals surface area contributed by atoms with Crippen molar-refractivity contribution in [2.75, 3.05) is 33.5 Å². The van der Waals surface area contributed by atoms with Crippen LogP contribution in [0.15, 0.2) is 57.0 Å². The maximum Gasteiger partial charge on any atom is 0.350 e. The molecule has 0 radical (unpaired) electrons. The smallest absolute Gasteiger partial charge is 0.350 e. The van der Waals surface area contributed by atoms with Crippen LogP contribution >= 0.6 is 23.5 Å². The molecule has 0 spiro atoms. The summed E-state index contributed by atoms with van der Waals surface area (Å²) in [5.74, 6) is -6.06. The molecular formula is C55H67NO18S2. The lowest BCUT2D eigenvalue weighted by atomic mass is 9.82. The van der Waals surface area contributed by atoms with Crippen LogP contribution in [0.25, 0.3) is 0 Å². The molecule has 0 unspecified atom stereocenters. The summed E-state index contributed by atoms with van der Waals surface area (Å²) in [5.41, 5.74) is -0.266. The molecule has 4 saturated carbocycles. The number of hydrogen-bond donors (Lipinski definition) is 0. The number of hydrogen-bond acceptors (Lipinski definition) is 21. The highest BCUT2D eigenvalue weighted by atomic mass is 32.2. The minimum atomic E-state index is -0.859. The molecule has 1 aromatic rings. The zero-order valence-corrected chi connectivity index (χ0v) is 44.6. The summed E-state index contributed by atoms with van der Waals surface area (Å²) in [4.78, 5) is 115. The summed E-state index contributed by atoms with van der Waals surface area (Å²) in [6, 6.07) is 4.91. The predicted molar refractivity (Wildman–Crippen MR) is 271 cm³/mol. The molecule has 412 valence electrons. The van der Waals surface area contributed by atoms with E-state index in [9.17, 15) is 48.4 Å². The summed E-state index contributed by atoms with van der Waals surface area (Å²) in [6.07, 6.45) is 11.1. The van der Waals surface area contributed by atoms with E-state index in [4.69, 9.17) is 42.6 Å². The average molecular weight is 1090 g/mol. The highest BCUT2D eigenvalue weighted by Gasteiger charge is 2.39. The Bertz CT molecular complexity index is 2240. The molecular weight excluding hydrogens is 1030 g/mol. The van der Waals surface area contributed by atoms with Crippen molar-refractivity contribution in [2.24, 2.45) is 35.5 Å². The SMILES string of the molecule is C=CC(=O)OCCCCOC(=O)C1CCC(C(=O)OC2CCC(C(=O)Oc3ccc(OC(=O)C4CCC(OC(=O)C5CCC(C(=O)OCCCCOC(=O)C=C)CC5)CC4)c4c3SC(=C(C#N)C(=O)OC)S4)CC2)CC1. The minimum absolute atomic E-state index is 0.155. The van der Waals surface area contributed by atoms with Gasteiger partial charge in [-0.3, -0.25) is 28.8 Å². The standard InChI is InChI=1S/C55H67NO18S2/c1-4-44(57)67-28-6-8-30-69-48(59)33-10-14-35(15-11-33)50(61)71-39-22-18-37(19-23-39)52(63)73-42-26-27-43(47-46(42)75-55(76-47)41(32-56)54(65)66-3)74-53(64)38-20-24-40(25-21-38)72-51(62)36-16-12-34(13-17-36)49(60)70-31-9-7-29-68-45(58)5-2/h4-5,26-27,33-40H,1-2,6-25,28-31H2,3H3. The van der Waals surface area contributed by atoms with Crippen molar-refractivity contribution in [3.05, 3.63) is 47.3 Å².